The minimum Gasteiger partial charge on any atom is -0.507 e. The van der Waals surface area contributed by atoms with Crippen molar-refractivity contribution in [2.75, 3.05) is 26.4 Å². The van der Waals surface area contributed by atoms with Crippen molar-refractivity contribution < 1.29 is 57.9 Å². The van der Waals surface area contributed by atoms with E-state index in [0.29, 0.717) is 56.0 Å². The Morgan fingerprint density at radius 1 is 0.434 bits per heavy atom. The van der Waals surface area contributed by atoms with Gasteiger partial charge in [-0.2, -0.15) is 0 Å². The fraction of sp³-hybridized carbons (Fsp3) is 0.500. The van der Waals surface area contributed by atoms with Crippen LogP contribution in [-0.2, 0) is 85.6 Å². The summed E-state index contributed by atoms with van der Waals surface area (Å²) in [4.78, 5) is 77.2. The fourth-order valence-corrected chi connectivity index (χ4v) is 9.43. The molecule has 16 heteroatoms. The van der Waals surface area contributed by atoms with Crippen molar-refractivity contribution in [2.45, 2.75) is 168 Å². The van der Waals surface area contributed by atoms with Gasteiger partial charge in [0.1, 0.15) is 60.4 Å². The van der Waals surface area contributed by atoms with Crippen LogP contribution in [0.1, 0.15) is 164 Å². The third-order valence-electron chi connectivity index (χ3n) is 14.3. The molecule has 7 rings (SSSR count). The summed E-state index contributed by atoms with van der Waals surface area (Å²) in [5.41, 5.74) is 7.17. The Morgan fingerprint density at radius 3 is 0.934 bits per heavy atom. The van der Waals surface area contributed by atoms with Gasteiger partial charge in [-0.1, -0.05) is 132 Å². The first kappa shape index (κ1) is 56.6. The van der Waals surface area contributed by atoms with Crippen LogP contribution >= 0.6 is 0 Å². The molecule has 0 unspecified atom stereocenters. The number of carbonyl (C=O) groups is 6. The number of carbonyl (C=O) groups excluding carboxylic acids is 6. The lowest BCUT2D eigenvalue weighted by Gasteiger charge is -2.28. The van der Waals surface area contributed by atoms with Gasteiger partial charge in [0.05, 0.1) is 0 Å². The Morgan fingerprint density at radius 2 is 0.684 bits per heavy atom. The number of ether oxygens (including phenoxy) is 4. The molecule has 2 fully saturated rings. The van der Waals surface area contributed by atoms with Crippen molar-refractivity contribution in [3.8, 4) is 23.0 Å². The Hall–Kier alpha value is -7.10. The molecule has 8 bridgehead atoms. The number of aromatic hydroxyl groups is 2. The molecule has 4 aromatic carbocycles. The van der Waals surface area contributed by atoms with Gasteiger partial charge in [-0.05, 0) is 102 Å². The van der Waals surface area contributed by atoms with Gasteiger partial charge in [0.15, 0.2) is 13.2 Å². The van der Waals surface area contributed by atoms with Gasteiger partial charge in [0.2, 0.25) is 23.6 Å². The van der Waals surface area contributed by atoms with Crippen LogP contribution in [-0.4, -0.2) is 96.4 Å². The lowest BCUT2D eigenvalue weighted by atomic mass is 9.79. The van der Waals surface area contributed by atoms with E-state index in [-0.39, 0.29) is 48.0 Å². The maximum absolute atomic E-state index is 13.6. The summed E-state index contributed by atoms with van der Waals surface area (Å²) in [6.07, 6.45) is 0.598. The number of hydrogen-bond donors (Lipinski definition) is 6. The molecule has 0 radical (unpaired) electrons. The molecule has 1 aliphatic carbocycles. The summed E-state index contributed by atoms with van der Waals surface area (Å²) in [7, 11) is 0. The number of hydrogen-bond acceptors (Lipinski definition) is 12. The Kier molecular flexibility index (Phi) is 16.0. The van der Waals surface area contributed by atoms with Crippen LogP contribution in [0.4, 0.5) is 0 Å². The summed E-state index contributed by atoms with van der Waals surface area (Å²) in [6.45, 7) is 26.3. The van der Waals surface area contributed by atoms with E-state index < -0.39 is 97.0 Å². The number of phenols is 2. The Bertz CT molecular complexity index is 2670. The van der Waals surface area contributed by atoms with Crippen LogP contribution in [0.25, 0.3) is 0 Å². The normalized spacial score (nSPS) is 19.1. The molecule has 4 aromatic rings. The number of nitrogens with one attached hydrogen (secondary N) is 4. The zero-order valence-corrected chi connectivity index (χ0v) is 46.6. The quantitative estimate of drug-likeness (QED) is 0.0793. The van der Waals surface area contributed by atoms with Crippen molar-refractivity contribution >= 4 is 35.6 Å². The second kappa shape index (κ2) is 21.5. The third kappa shape index (κ3) is 13.1. The SMILES string of the molecule is C[C@@H]1NC(=O)[C@H](COC(=O)COc2c3cc(C(C)(C)C)cc2Cc2cc(C(C)(C)C)cc(c2O)Cc2cc(C(C)(C)C)cc(c2OCC(=O)OC[C@@H]2NC(=O)[C@H](C)NC2=O)Cc2cc(C(C)(C)C)cc(c2O)C3)NC1=O. The van der Waals surface area contributed by atoms with Crippen LogP contribution in [0.2, 0.25) is 0 Å². The lowest BCUT2D eigenvalue weighted by Crippen LogP contribution is -2.62. The number of rotatable bonds is 10. The van der Waals surface area contributed by atoms with Crippen molar-refractivity contribution in [3.63, 3.8) is 0 Å². The van der Waals surface area contributed by atoms with E-state index in [9.17, 15) is 39.0 Å². The van der Waals surface area contributed by atoms with Gasteiger partial charge < -0.3 is 50.4 Å². The number of amides is 4. The molecular weight excluding hydrogens is 969 g/mol. The van der Waals surface area contributed by atoms with Gasteiger partial charge in [0.25, 0.3) is 0 Å². The van der Waals surface area contributed by atoms with E-state index in [4.69, 9.17) is 18.9 Å². The topological polar surface area (TPSA) is 228 Å². The third-order valence-corrected chi connectivity index (χ3v) is 14.3. The highest BCUT2D eigenvalue weighted by Crippen LogP contribution is 2.44. The molecule has 6 N–H and O–H groups in total. The van der Waals surface area contributed by atoms with E-state index in [1.807, 2.05) is 48.5 Å². The zero-order chi connectivity index (χ0) is 56.0. The van der Waals surface area contributed by atoms with Gasteiger partial charge >= 0.3 is 11.9 Å². The van der Waals surface area contributed by atoms with Crippen LogP contribution in [0.3, 0.4) is 0 Å². The molecule has 2 aliphatic heterocycles. The average Bonchev–Trinajstić information content (AvgIpc) is 3.30. The molecule has 0 saturated carbocycles. The first-order chi connectivity index (χ1) is 35.3. The average molecular weight is 1050 g/mol. The Labute approximate surface area is 446 Å². The summed E-state index contributed by atoms with van der Waals surface area (Å²) in [5, 5.41) is 35.6. The molecule has 4 amide bonds. The summed E-state index contributed by atoms with van der Waals surface area (Å²) >= 11 is 0. The maximum Gasteiger partial charge on any atom is 0.344 e. The van der Waals surface area contributed by atoms with Crippen molar-refractivity contribution in [1.29, 1.82) is 0 Å². The smallest absolute Gasteiger partial charge is 0.344 e. The minimum atomic E-state index is -1.07. The molecule has 408 valence electrons. The molecule has 0 spiro atoms. The van der Waals surface area contributed by atoms with Crippen molar-refractivity contribution in [2.24, 2.45) is 0 Å². The standard InChI is InChI=1S/C60H76N4O12/c1-31-53(69)63-45(55(71)61-31)27-73-47(65)29-75-51-37-15-33-19-41(57(3,4)5)21-35(49(33)67)17-39-25-44(60(12,13)14)26-40(52(39)76-30-48(66)74-28-46-56(72)62-32(2)54(70)64-46)18-36-22-42(58(6,7)8)20-34(50(36)68)16-38(51)24-43(23-37)59(9,10)11/h19-26,31-32,45-46,67-68H,15-18,27-30H2,1-14H3,(H,61,71)(H,62,72)(H,63,69)(H,64,70)/t31-,32-,45-,46-/m0/s1. The van der Waals surface area contributed by atoms with Crippen LogP contribution in [0, 0.1) is 0 Å². The van der Waals surface area contributed by atoms with Crippen LogP contribution in [0.15, 0.2) is 48.5 Å². The highest BCUT2D eigenvalue weighted by molar-refractivity contribution is 5.97. The van der Waals surface area contributed by atoms with Gasteiger partial charge in [-0.15, -0.1) is 0 Å². The largest absolute Gasteiger partial charge is 0.507 e. The first-order valence-electron chi connectivity index (χ1n) is 26.1. The number of phenolic OH excluding ortho intramolecular Hbond substituents is 2. The van der Waals surface area contributed by atoms with Crippen LogP contribution in [0.5, 0.6) is 23.0 Å². The van der Waals surface area contributed by atoms with Crippen molar-refractivity contribution in [3.05, 3.63) is 115 Å². The second-order valence-electron chi connectivity index (χ2n) is 24.8. The molecule has 16 nitrogen and oxygen atoms in total. The fourth-order valence-electron chi connectivity index (χ4n) is 9.43. The van der Waals surface area contributed by atoms with Gasteiger partial charge in [-0.25, -0.2) is 9.59 Å². The van der Waals surface area contributed by atoms with Crippen LogP contribution < -0.4 is 30.7 Å². The first-order valence-corrected chi connectivity index (χ1v) is 26.1. The molecule has 0 aromatic heterocycles. The highest BCUT2D eigenvalue weighted by atomic mass is 16.6. The van der Waals surface area contributed by atoms with Crippen molar-refractivity contribution in [1.82, 2.24) is 21.3 Å². The number of piperazine rings is 2. The zero-order valence-electron chi connectivity index (χ0n) is 46.6. The summed E-state index contributed by atoms with van der Waals surface area (Å²) in [5.74, 6) is -2.51. The second-order valence-corrected chi connectivity index (χ2v) is 24.8. The molecule has 76 heavy (non-hydrogen) atoms. The van der Waals surface area contributed by atoms with E-state index in [1.54, 1.807) is 13.8 Å². The molecule has 2 heterocycles. The predicted octanol–water partition coefficient (Wildman–Crippen LogP) is 6.81. The summed E-state index contributed by atoms with van der Waals surface area (Å²) < 4.78 is 24.2. The molecular formula is C60H76N4O12. The Balaban J connectivity index is 1.39. The highest BCUT2D eigenvalue weighted by Gasteiger charge is 2.35. The maximum atomic E-state index is 13.6. The monoisotopic (exact) mass is 1040 g/mol. The number of benzene rings is 4. The van der Waals surface area contributed by atoms with E-state index >= 15 is 0 Å². The van der Waals surface area contributed by atoms with E-state index in [0.717, 1.165) is 22.3 Å². The lowest BCUT2D eigenvalue weighted by molar-refractivity contribution is -0.150. The van der Waals surface area contributed by atoms with Gasteiger partial charge in [-0.3, -0.25) is 19.2 Å². The molecule has 2 saturated heterocycles. The molecule has 4 atom stereocenters. The van der Waals surface area contributed by atoms with Gasteiger partial charge in [0, 0.05) is 25.7 Å². The molecule has 3 aliphatic rings. The van der Waals surface area contributed by atoms with E-state index in [2.05, 4.69) is 104 Å². The minimum absolute atomic E-state index is 0.0307. The number of esters is 2. The van der Waals surface area contributed by atoms with E-state index in [1.165, 1.54) is 0 Å². The number of fused-ring (bicyclic) bond motifs is 8. The summed E-state index contributed by atoms with van der Waals surface area (Å²) in [6, 6.07) is 12.4. The predicted molar refractivity (Wildman–Crippen MR) is 287 cm³/mol.